The summed E-state index contributed by atoms with van der Waals surface area (Å²) >= 11 is 0.722. The lowest BCUT2D eigenvalue weighted by atomic mass is 9.94. The molecule has 3 N–H and O–H groups in total. The zero-order chi connectivity index (χ0) is 31.2. The molecule has 0 aliphatic heterocycles. The van der Waals surface area contributed by atoms with E-state index in [4.69, 9.17) is 5.73 Å². The van der Waals surface area contributed by atoms with Gasteiger partial charge in [-0.25, -0.2) is 17.8 Å². The summed E-state index contributed by atoms with van der Waals surface area (Å²) in [4.78, 5) is 3.58. The highest BCUT2D eigenvalue weighted by atomic mass is 32.2. The van der Waals surface area contributed by atoms with Crippen molar-refractivity contribution in [2.24, 2.45) is 0 Å². The fraction of sp³-hybridized carbons (Fsp3) is 0.250. The molecule has 0 unspecified atom stereocenters. The molecule has 1 aliphatic carbocycles. The third-order valence-corrected chi connectivity index (χ3v) is 9.43. The number of nitrogen functional groups attached to an aromatic ring is 1. The van der Waals surface area contributed by atoms with Crippen LogP contribution in [0.3, 0.4) is 0 Å². The first kappa shape index (κ1) is 30.8. The number of nitrogens with zero attached hydrogens (tertiary/aromatic N) is 1. The Balaban J connectivity index is 1.58. The summed E-state index contributed by atoms with van der Waals surface area (Å²) in [6.07, 6.45) is -9.92. The fourth-order valence-electron chi connectivity index (χ4n) is 5.06. The summed E-state index contributed by atoms with van der Waals surface area (Å²) in [6, 6.07) is 14.5. The number of aromatic nitrogens is 1. The third-order valence-electron chi connectivity index (χ3n) is 6.92. The molecule has 228 valence electrons. The average Bonchev–Trinajstić information content (AvgIpc) is 3.55. The predicted molar refractivity (Wildman–Crippen MR) is 147 cm³/mol. The summed E-state index contributed by atoms with van der Waals surface area (Å²) in [6.45, 7) is 0. The van der Waals surface area contributed by atoms with Gasteiger partial charge in [-0.3, -0.25) is 9.46 Å². The van der Waals surface area contributed by atoms with Crippen LogP contribution in [0.1, 0.15) is 36.3 Å². The molecule has 1 fully saturated rings. The third kappa shape index (κ3) is 6.78. The molecule has 1 saturated carbocycles. The van der Waals surface area contributed by atoms with Gasteiger partial charge >= 0.3 is 12.5 Å². The number of hydrogen-bond donors (Lipinski definition) is 2. The maximum Gasteiger partial charge on any atom is 0.522 e. The average molecular weight is 646 g/mol. The van der Waals surface area contributed by atoms with Crippen molar-refractivity contribution < 1.29 is 43.9 Å². The van der Waals surface area contributed by atoms with Crippen molar-refractivity contribution in [3.63, 3.8) is 0 Å². The molecule has 3 aromatic carbocycles. The first-order chi connectivity index (χ1) is 20.1. The lowest BCUT2D eigenvalue weighted by molar-refractivity contribution is -0.341. The summed E-state index contributed by atoms with van der Waals surface area (Å²) in [5, 5.41) is -0.339. The Labute approximate surface area is 245 Å². The normalized spacial score (nSPS) is 17.7. The van der Waals surface area contributed by atoms with Crippen molar-refractivity contribution in [2.75, 3.05) is 10.5 Å². The summed E-state index contributed by atoms with van der Waals surface area (Å²) in [7, 11) is -4.60. The maximum atomic E-state index is 14.6. The molecule has 0 spiro atoms. The van der Waals surface area contributed by atoms with Gasteiger partial charge in [0.15, 0.2) is 10.9 Å². The Morgan fingerprint density at radius 1 is 0.953 bits per heavy atom. The van der Waals surface area contributed by atoms with Crippen LogP contribution in [0.5, 0.6) is 0 Å². The zero-order valence-electron chi connectivity index (χ0n) is 21.8. The van der Waals surface area contributed by atoms with Crippen LogP contribution in [0, 0.1) is 5.82 Å². The van der Waals surface area contributed by atoms with Gasteiger partial charge in [-0.2, -0.15) is 13.2 Å². The highest BCUT2D eigenvalue weighted by molar-refractivity contribution is 7.93. The molecule has 1 aromatic heterocycles. The fourth-order valence-corrected chi connectivity index (χ4v) is 7.38. The zero-order valence-corrected chi connectivity index (χ0v) is 23.5. The summed E-state index contributed by atoms with van der Waals surface area (Å²) in [5.74, 6) is -1.51. The van der Waals surface area contributed by atoms with Crippen LogP contribution in [-0.2, 0) is 20.9 Å². The van der Waals surface area contributed by atoms with Crippen LogP contribution in [0.25, 0.3) is 21.7 Å². The van der Waals surface area contributed by atoms with Gasteiger partial charge in [0, 0.05) is 5.56 Å². The van der Waals surface area contributed by atoms with E-state index in [0.29, 0.717) is 17.5 Å². The van der Waals surface area contributed by atoms with E-state index in [9.17, 15) is 39.2 Å². The number of alkyl halides is 6. The van der Waals surface area contributed by atoms with E-state index in [-0.39, 0.29) is 40.0 Å². The standard InChI is InChI=1S/C28H22F7N3O3S2/c29-23-21(36)9-4-10-22(23)43(39,40)38-26-37-24(19-7-1-2-8-20(19)27(30,31)32)25(42-26)17-6-3-5-15(13-17)16-11-12-18(14-16)41-28(33,34)35/h1-10,13,16,18H,11-12,14,36H2,(H,37,38)/t16-,18+/m0/s1. The number of rotatable bonds is 7. The number of thiazole rings is 1. The molecule has 0 amide bonds. The smallest absolute Gasteiger partial charge is 0.396 e. The first-order valence-corrected chi connectivity index (χ1v) is 15.0. The van der Waals surface area contributed by atoms with Gasteiger partial charge in [0.1, 0.15) is 4.90 Å². The molecule has 15 heteroatoms. The highest BCUT2D eigenvalue weighted by Gasteiger charge is 2.38. The van der Waals surface area contributed by atoms with E-state index in [1.807, 2.05) is 0 Å². The van der Waals surface area contributed by atoms with Crippen LogP contribution < -0.4 is 10.5 Å². The van der Waals surface area contributed by atoms with Crippen LogP contribution in [0.4, 0.5) is 41.6 Å². The molecule has 5 rings (SSSR count). The minimum Gasteiger partial charge on any atom is -0.396 e. The molecule has 6 nitrogen and oxygen atoms in total. The summed E-state index contributed by atoms with van der Waals surface area (Å²) in [5.41, 5.74) is 4.55. The number of nitrogens with one attached hydrogen (secondary N) is 1. The van der Waals surface area contributed by atoms with Gasteiger partial charge in [-0.05, 0) is 60.6 Å². The predicted octanol–water partition coefficient (Wildman–Crippen LogP) is 8.19. The Morgan fingerprint density at radius 3 is 2.40 bits per heavy atom. The lowest BCUT2D eigenvalue weighted by Crippen LogP contribution is -2.21. The van der Waals surface area contributed by atoms with E-state index in [1.54, 1.807) is 24.3 Å². The van der Waals surface area contributed by atoms with Gasteiger partial charge in [0.2, 0.25) is 0 Å². The van der Waals surface area contributed by atoms with Crippen molar-refractivity contribution >= 4 is 32.2 Å². The Hall–Kier alpha value is -3.69. The van der Waals surface area contributed by atoms with E-state index >= 15 is 0 Å². The molecular formula is C28H22F7N3O3S2. The molecule has 1 aliphatic rings. The largest absolute Gasteiger partial charge is 0.522 e. The van der Waals surface area contributed by atoms with E-state index in [2.05, 4.69) is 14.4 Å². The first-order valence-electron chi connectivity index (χ1n) is 12.7. The maximum absolute atomic E-state index is 14.6. The second-order valence-electron chi connectivity index (χ2n) is 9.83. The molecule has 4 aromatic rings. The van der Waals surface area contributed by atoms with E-state index in [0.717, 1.165) is 29.5 Å². The molecule has 1 heterocycles. The highest BCUT2D eigenvalue weighted by Crippen LogP contribution is 2.46. The van der Waals surface area contributed by atoms with Gasteiger partial charge in [0.25, 0.3) is 10.0 Å². The molecule has 2 atom stereocenters. The second kappa shape index (κ2) is 11.4. The second-order valence-corrected chi connectivity index (χ2v) is 12.5. The molecule has 43 heavy (non-hydrogen) atoms. The molecule has 0 radical (unpaired) electrons. The minimum absolute atomic E-state index is 0.0895. The van der Waals surface area contributed by atoms with Crippen molar-refractivity contribution in [3.8, 4) is 21.7 Å². The number of ether oxygens (including phenoxy) is 1. The molecule has 0 bridgehead atoms. The van der Waals surface area contributed by atoms with Crippen molar-refractivity contribution in [3.05, 3.63) is 83.7 Å². The molecule has 0 saturated heterocycles. The number of benzene rings is 3. The summed E-state index contributed by atoms with van der Waals surface area (Å²) < 4.78 is 127. The van der Waals surface area contributed by atoms with Gasteiger partial charge in [0.05, 0.1) is 27.9 Å². The van der Waals surface area contributed by atoms with Crippen molar-refractivity contribution in [2.45, 2.75) is 48.7 Å². The number of sulfonamides is 1. The monoisotopic (exact) mass is 645 g/mol. The van der Waals surface area contributed by atoms with Crippen LogP contribution in [0.2, 0.25) is 0 Å². The topological polar surface area (TPSA) is 94.3 Å². The SMILES string of the molecule is Nc1cccc(S(=O)(=O)Nc2nc(-c3ccccc3C(F)(F)F)c(-c3cccc([C@H]4CC[C@@H](OC(F)(F)F)C4)c3)s2)c1F. The van der Waals surface area contributed by atoms with Crippen molar-refractivity contribution in [1.82, 2.24) is 4.98 Å². The van der Waals surface area contributed by atoms with Crippen LogP contribution in [0.15, 0.2) is 71.6 Å². The van der Waals surface area contributed by atoms with Gasteiger partial charge in [-0.1, -0.05) is 53.8 Å². The van der Waals surface area contributed by atoms with Gasteiger partial charge in [-0.15, -0.1) is 13.2 Å². The minimum atomic E-state index is -4.78. The number of halogens is 7. The number of nitrogens with two attached hydrogens (primary N) is 1. The van der Waals surface area contributed by atoms with Gasteiger partial charge < -0.3 is 5.73 Å². The van der Waals surface area contributed by atoms with E-state index in [1.165, 1.54) is 24.3 Å². The lowest BCUT2D eigenvalue weighted by Gasteiger charge is -2.15. The Morgan fingerprint density at radius 2 is 1.67 bits per heavy atom. The number of hydrogen-bond acceptors (Lipinski definition) is 6. The van der Waals surface area contributed by atoms with Crippen LogP contribution >= 0.6 is 11.3 Å². The van der Waals surface area contributed by atoms with Crippen LogP contribution in [-0.4, -0.2) is 25.9 Å². The number of anilines is 2. The Bertz CT molecular complexity index is 1750. The quantitative estimate of drug-likeness (QED) is 0.156. The van der Waals surface area contributed by atoms with E-state index < -0.39 is 50.6 Å². The van der Waals surface area contributed by atoms with Crippen molar-refractivity contribution in [1.29, 1.82) is 0 Å². The Kier molecular flexibility index (Phi) is 8.17. The molecular weight excluding hydrogens is 623 g/mol.